The summed E-state index contributed by atoms with van der Waals surface area (Å²) in [5.41, 5.74) is 11.1. The lowest BCUT2D eigenvalue weighted by molar-refractivity contribution is 0.00748. The second-order valence-corrected chi connectivity index (χ2v) is 22.8. The highest BCUT2D eigenvalue weighted by Gasteiger charge is 2.47. The molecule has 0 unspecified atom stereocenters. The summed E-state index contributed by atoms with van der Waals surface area (Å²) in [4.78, 5) is 0. The van der Waals surface area contributed by atoms with Crippen molar-refractivity contribution in [1.82, 2.24) is 0 Å². The Hall–Kier alpha value is -4.52. The molecule has 6 nitrogen and oxygen atoms in total. The van der Waals surface area contributed by atoms with Crippen molar-refractivity contribution in [2.45, 2.75) is 242 Å². The van der Waals surface area contributed by atoms with Crippen LogP contribution in [0.1, 0.15) is 240 Å². The fourth-order valence-corrected chi connectivity index (χ4v) is 12.3. The van der Waals surface area contributed by atoms with Crippen LogP contribution in [0.15, 0.2) is 83.5 Å². The quantitative estimate of drug-likeness (QED) is 0.0730. The number of hydrogen-bond donors (Lipinski definition) is 4. The molecule has 7 heteroatoms. The third-order valence-corrected chi connectivity index (χ3v) is 16.2. The number of fused-ring (bicyclic) bond motifs is 6. The van der Waals surface area contributed by atoms with E-state index in [9.17, 15) is 20.4 Å². The molecule has 5 aliphatic rings. The normalized spacial score (nSPS) is 22.7. The molecule has 2 radical (unpaired) electrons. The summed E-state index contributed by atoms with van der Waals surface area (Å²) < 4.78 is 18.7. The second kappa shape index (κ2) is 28.4. The first-order valence-corrected chi connectivity index (χ1v) is 27.5. The van der Waals surface area contributed by atoms with Gasteiger partial charge in [-0.25, -0.2) is 0 Å². The Bertz CT molecular complexity index is 2340. The number of phenols is 4. The molecule has 4 N–H and O–H groups in total. The van der Waals surface area contributed by atoms with Crippen molar-refractivity contribution in [3.05, 3.63) is 117 Å². The van der Waals surface area contributed by atoms with Gasteiger partial charge in [0.1, 0.15) is 45.7 Å². The number of ether oxygens (including phenoxy) is 2. The van der Waals surface area contributed by atoms with E-state index in [0.717, 1.165) is 98.0 Å². The molecule has 3 aliphatic carbocycles. The van der Waals surface area contributed by atoms with Crippen LogP contribution in [-0.2, 0) is 19.3 Å². The number of rotatable bonds is 14. The second-order valence-electron chi connectivity index (χ2n) is 22.8. The molecule has 6 atom stereocenters. The van der Waals surface area contributed by atoms with E-state index in [1.54, 1.807) is 0 Å². The monoisotopic (exact) mass is 1000 g/mol. The van der Waals surface area contributed by atoms with Gasteiger partial charge in [0.15, 0.2) is 0 Å². The molecule has 3 aromatic carbocycles. The zero-order chi connectivity index (χ0) is 52.9. The largest absolute Gasteiger partial charge is 0.508 e. The van der Waals surface area contributed by atoms with Gasteiger partial charge in [-0.2, -0.15) is 0 Å². The summed E-state index contributed by atoms with van der Waals surface area (Å²) in [6.07, 6.45) is 26.9. The fourth-order valence-electron chi connectivity index (χ4n) is 12.3. The smallest absolute Gasteiger partial charge is 0.127 e. The van der Waals surface area contributed by atoms with Crippen molar-refractivity contribution in [2.75, 3.05) is 0 Å². The Morgan fingerprint density at radius 3 is 1.51 bits per heavy atom. The molecule has 3 aromatic rings. The van der Waals surface area contributed by atoms with Gasteiger partial charge in [-0.3, -0.25) is 0 Å². The maximum atomic E-state index is 10.7. The van der Waals surface area contributed by atoms with E-state index in [-0.39, 0.29) is 62.1 Å². The van der Waals surface area contributed by atoms with Crippen molar-refractivity contribution in [1.29, 1.82) is 0 Å². The van der Waals surface area contributed by atoms with Crippen molar-refractivity contribution >= 4 is 7.85 Å². The van der Waals surface area contributed by atoms with E-state index in [2.05, 4.69) is 114 Å². The van der Waals surface area contributed by atoms with Crippen LogP contribution in [0.5, 0.6) is 34.5 Å². The Morgan fingerprint density at radius 1 is 0.616 bits per heavy atom. The number of phenolic OH excluding ortho intramolecular Hbond substituents is 4. The SMILES string of the molecule is C.C.C=C(C)[C@@H]1CCC(C)=C[C@H]1c1c(O)cc(CCCCC)cc1O.CCCCCc1cc(O)c2c(c1)OC(C)(C)[C@@H]1CC=C(C)C[C@@H]21.CCCCCc1cc(O)c2c(c1)OC(C)(C)[C@@H]1CCC(C)=C[C@@H]21.[2H]C[B]. The number of benzene rings is 3. The van der Waals surface area contributed by atoms with E-state index in [1.807, 2.05) is 31.2 Å². The molecule has 0 fully saturated rings. The van der Waals surface area contributed by atoms with E-state index < -0.39 is 0 Å². The number of aryl methyl sites for hydroxylation is 3. The van der Waals surface area contributed by atoms with Gasteiger partial charge in [0.25, 0.3) is 0 Å². The zero-order valence-corrected chi connectivity index (χ0v) is 46.0. The lowest BCUT2D eigenvalue weighted by Crippen LogP contribution is -2.45. The zero-order valence-electron chi connectivity index (χ0n) is 47.0. The van der Waals surface area contributed by atoms with Gasteiger partial charge < -0.3 is 29.9 Å². The van der Waals surface area contributed by atoms with Gasteiger partial charge in [0.05, 0.1) is 7.85 Å². The first-order valence-electron chi connectivity index (χ1n) is 28.2. The van der Waals surface area contributed by atoms with Gasteiger partial charge in [0, 0.05) is 47.7 Å². The maximum Gasteiger partial charge on any atom is 0.127 e. The molecule has 8 rings (SSSR count). The summed E-state index contributed by atoms with van der Waals surface area (Å²) >= 11 is 0. The van der Waals surface area contributed by atoms with Crippen LogP contribution in [0.3, 0.4) is 0 Å². The van der Waals surface area contributed by atoms with Crippen LogP contribution in [-0.4, -0.2) is 39.5 Å². The summed E-state index contributed by atoms with van der Waals surface area (Å²) in [6.45, 7) is 28.1. The standard InChI is InChI=1S/3C21H30O2.CH3B.2CH4/c2*1-5-6-7-8-15-12-18(22)20-16-11-14(2)9-10-17(16)21(3,4)23-19(20)13-15;1-5-6-7-8-16-12-19(22)21(20(23)13-16)18-11-15(4)9-10-17(18)14(2)3;1-2;;/h11-13,16-17,22H,5-10H2,1-4H3;9,12-13,16-17,22H,5-8,10-11H2,1-4H3;11-13,17-18,22-23H,2,5-10H2,1,3-4H3;1H3;2*1H4/t2*16-,17-;17-,18+;;;/m110.../s1/i;;;1D;;. The van der Waals surface area contributed by atoms with Crippen molar-refractivity contribution in [3.8, 4) is 34.5 Å². The van der Waals surface area contributed by atoms with Gasteiger partial charge in [-0.1, -0.05) is 128 Å². The topological polar surface area (TPSA) is 99.4 Å². The minimum atomic E-state index is -0.177. The molecule has 0 spiro atoms. The molecular weight excluding hydrogens is 900 g/mol. The van der Waals surface area contributed by atoms with Crippen LogP contribution in [0, 0.1) is 17.8 Å². The maximum absolute atomic E-state index is 10.7. The molecule has 0 amide bonds. The number of aromatic hydroxyl groups is 4. The van der Waals surface area contributed by atoms with Crippen LogP contribution < -0.4 is 9.47 Å². The number of hydrogen-bond acceptors (Lipinski definition) is 6. The molecule has 73 heavy (non-hydrogen) atoms. The minimum Gasteiger partial charge on any atom is -0.508 e. The third kappa shape index (κ3) is 15.8. The Kier molecular flexibility index (Phi) is 23.7. The van der Waals surface area contributed by atoms with Crippen LogP contribution in [0.2, 0.25) is 6.80 Å². The van der Waals surface area contributed by atoms with E-state index >= 15 is 0 Å². The highest BCUT2D eigenvalue weighted by Crippen LogP contribution is 2.56. The predicted octanol–water partition coefficient (Wildman–Crippen LogP) is 18.8. The van der Waals surface area contributed by atoms with Gasteiger partial charge in [-0.15, -0.1) is 0 Å². The van der Waals surface area contributed by atoms with Crippen molar-refractivity contribution in [3.63, 3.8) is 0 Å². The molecule has 0 saturated carbocycles. The number of allylic oxidation sites excluding steroid dienone is 7. The lowest BCUT2D eigenvalue weighted by Gasteiger charge is -2.47. The van der Waals surface area contributed by atoms with Gasteiger partial charge in [0.2, 0.25) is 0 Å². The van der Waals surface area contributed by atoms with Crippen molar-refractivity contribution < 1.29 is 31.3 Å². The average Bonchev–Trinajstić information content (AvgIpc) is 3.29. The van der Waals surface area contributed by atoms with Crippen LogP contribution >= 0.6 is 0 Å². The van der Waals surface area contributed by atoms with E-state index in [4.69, 9.17) is 10.8 Å². The summed E-state index contributed by atoms with van der Waals surface area (Å²) in [5, 5.41) is 42.5. The fraction of sp³-hybridized carbons (Fsp3) is 0.606. The Balaban J connectivity index is 0.000000281. The van der Waals surface area contributed by atoms with E-state index in [0.29, 0.717) is 34.8 Å². The molecule has 2 heterocycles. The van der Waals surface area contributed by atoms with Crippen molar-refractivity contribution in [2.24, 2.45) is 17.8 Å². The molecule has 0 aromatic heterocycles. The molecule has 2 aliphatic heterocycles. The summed E-state index contributed by atoms with van der Waals surface area (Å²) in [6, 6.07) is 11.9. The highest BCUT2D eigenvalue weighted by atomic mass is 16.5. The van der Waals surface area contributed by atoms with Gasteiger partial charge >= 0.3 is 0 Å². The first-order chi connectivity index (χ1) is 34.2. The summed E-state index contributed by atoms with van der Waals surface area (Å²) in [7, 11) is 4.51. The average molecular weight is 1000 g/mol. The summed E-state index contributed by atoms with van der Waals surface area (Å²) in [5.74, 6) is 4.96. The third-order valence-electron chi connectivity index (χ3n) is 16.2. The Morgan fingerprint density at radius 2 is 1.03 bits per heavy atom. The predicted molar refractivity (Wildman–Crippen MR) is 313 cm³/mol. The van der Waals surface area contributed by atoms with Gasteiger partial charge in [-0.05, 0) is 191 Å². The first kappa shape index (κ1) is 61.0. The van der Waals surface area contributed by atoms with Crippen LogP contribution in [0.4, 0.5) is 0 Å². The molecule has 0 saturated heterocycles. The van der Waals surface area contributed by atoms with Crippen LogP contribution in [0.25, 0.3) is 0 Å². The number of unbranched alkanes of at least 4 members (excludes halogenated alkanes) is 6. The molecular formula is C66H101BO6. The molecule has 404 valence electrons. The lowest BCUT2D eigenvalue weighted by atomic mass is 9.67. The van der Waals surface area contributed by atoms with E-state index in [1.165, 1.54) is 79.2 Å². The Labute approximate surface area is 448 Å². The molecule has 0 bridgehead atoms. The highest BCUT2D eigenvalue weighted by molar-refractivity contribution is 6.05. The minimum absolute atomic E-state index is 0.